The molecule has 1 aromatic carbocycles. The van der Waals surface area contributed by atoms with E-state index in [0.717, 1.165) is 25.2 Å². The average Bonchev–Trinajstić information content (AvgIpc) is 3.05. The fraction of sp³-hybridized carbons (Fsp3) is 0.619. The predicted molar refractivity (Wildman–Crippen MR) is 99.6 cm³/mol. The smallest absolute Gasteiger partial charge is 0.0224 e. The summed E-state index contributed by atoms with van der Waals surface area (Å²) in [5, 5.41) is 3.71. The van der Waals surface area contributed by atoms with E-state index in [2.05, 4.69) is 53.5 Å². The lowest BCUT2D eigenvalue weighted by Gasteiger charge is -2.35. The number of nitrogens with zero attached hydrogens (tertiary/aromatic N) is 1. The number of rotatable bonds is 6. The van der Waals surface area contributed by atoms with Gasteiger partial charge < -0.3 is 5.32 Å². The van der Waals surface area contributed by atoms with Gasteiger partial charge in [-0.25, -0.2) is 0 Å². The molecule has 0 amide bonds. The molecule has 1 aliphatic heterocycles. The van der Waals surface area contributed by atoms with Crippen LogP contribution in [-0.4, -0.2) is 36.6 Å². The maximum Gasteiger partial charge on any atom is 0.0224 e. The molecule has 1 aromatic rings. The normalized spacial score (nSPS) is 24.2. The molecule has 1 atom stereocenters. The van der Waals surface area contributed by atoms with Gasteiger partial charge in [-0.1, -0.05) is 61.2 Å². The third kappa shape index (κ3) is 4.92. The van der Waals surface area contributed by atoms with Crippen molar-refractivity contribution in [3.05, 3.63) is 41.5 Å². The summed E-state index contributed by atoms with van der Waals surface area (Å²) in [6.45, 7) is 5.71. The maximum absolute atomic E-state index is 3.71. The second-order valence-electron chi connectivity index (χ2n) is 7.36. The Bertz CT molecular complexity index is 488. The van der Waals surface area contributed by atoms with Gasteiger partial charge in [-0.2, -0.15) is 0 Å². The standard InChI is InChI=1S/C21H32N2/c1-18(15-19-9-4-2-5-10-19)16-22-17-21-13-8-14-23(21)20-11-6-3-7-12-20/h2,4-5,9-10,15,20-22H,3,6-8,11-14,16-17H2,1H3. The van der Waals surface area contributed by atoms with Gasteiger partial charge in [-0.05, 0) is 44.7 Å². The van der Waals surface area contributed by atoms with Gasteiger partial charge in [0.05, 0.1) is 0 Å². The maximum atomic E-state index is 3.71. The van der Waals surface area contributed by atoms with Crippen LogP contribution in [0.25, 0.3) is 6.08 Å². The lowest BCUT2D eigenvalue weighted by atomic mass is 9.94. The molecule has 1 saturated carbocycles. The Morgan fingerprint density at radius 1 is 1.09 bits per heavy atom. The van der Waals surface area contributed by atoms with Crippen LogP contribution in [0.2, 0.25) is 0 Å². The summed E-state index contributed by atoms with van der Waals surface area (Å²) < 4.78 is 0. The second-order valence-corrected chi connectivity index (χ2v) is 7.36. The quantitative estimate of drug-likeness (QED) is 0.833. The molecule has 3 rings (SSSR count). The third-order valence-electron chi connectivity index (χ3n) is 5.46. The van der Waals surface area contributed by atoms with Crippen LogP contribution in [0.1, 0.15) is 57.4 Å². The molecule has 0 bridgehead atoms. The molecule has 2 fully saturated rings. The minimum absolute atomic E-state index is 0.766. The number of nitrogens with one attached hydrogen (secondary N) is 1. The molecular weight excluding hydrogens is 280 g/mol. The van der Waals surface area contributed by atoms with E-state index in [0.29, 0.717) is 0 Å². The molecule has 2 nitrogen and oxygen atoms in total. The summed E-state index contributed by atoms with van der Waals surface area (Å²) >= 11 is 0. The summed E-state index contributed by atoms with van der Waals surface area (Å²) in [4.78, 5) is 2.82. The lowest BCUT2D eigenvalue weighted by Crippen LogP contribution is -2.45. The SMILES string of the molecule is CC(=Cc1ccccc1)CNCC1CCCN1C1CCCCC1. The second kappa shape index (κ2) is 8.65. The van der Waals surface area contributed by atoms with Crippen LogP contribution in [-0.2, 0) is 0 Å². The van der Waals surface area contributed by atoms with E-state index in [-0.39, 0.29) is 0 Å². The number of benzene rings is 1. The molecule has 126 valence electrons. The van der Waals surface area contributed by atoms with Gasteiger partial charge in [0, 0.05) is 25.2 Å². The van der Waals surface area contributed by atoms with Crippen molar-refractivity contribution in [2.75, 3.05) is 19.6 Å². The first-order valence-electron chi connectivity index (χ1n) is 9.51. The van der Waals surface area contributed by atoms with Gasteiger partial charge in [0.2, 0.25) is 0 Å². The first kappa shape index (κ1) is 16.7. The Balaban J connectivity index is 1.45. The van der Waals surface area contributed by atoms with Crippen molar-refractivity contribution in [1.82, 2.24) is 10.2 Å². The molecule has 2 aliphatic rings. The van der Waals surface area contributed by atoms with Gasteiger partial charge in [-0.15, -0.1) is 0 Å². The monoisotopic (exact) mass is 312 g/mol. The van der Waals surface area contributed by atoms with Crippen LogP contribution >= 0.6 is 0 Å². The van der Waals surface area contributed by atoms with Crippen LogP contribution in [0, 0.1) is 0 Å². The molecule has 2 heteroatoms. The Kier molecular flexibility index (Phi) is 6.29. The van der Waals surface area contributed by atoms with Crippen LogP contribution in [0.15, 0.2) is 35.9 Å². The first-order chi connectivity index (χ1) is 11.3. The molecule has 0 radical (unpaired) electrons. The topological polar surface area (TPSA) is 15.3 Å². The number of likely N-dealkylation sites (tertiary alicyclic amines) is 1. The molecule has 0 aromatic heterocycles. The first-order valence-corrected chi connectivity index (χ1v) is 9.51. The molecule has 1 unspecified atom stereocenters. The average molecular weight is 313 g/mol. The zero-order valence-corrected chi connectivity index (χ0v) is 14.6. The van der Waals surface area contributed by atoms with Gasteiger partial charge in [0.15, 0.2) is 0 Å². The van der Waals surface area contributed by atoms with Crippen molar-refractivity contribution in [2.24, 2.45) is 0 Å². The highest BCUT2D eigenvalue weighted by Gasteiger charge is 2.30. The van der Waals surface area contributed by atoms with Gasteiger partial charge in [-0.3, -0.25) is 4.90 Å². The molecule has 1 N–H and O–H groups in total. The van der Waals surface area contributed by atoms with E-state index in [1.807, 2.05) is 0 Å². The predicted octanol–water partition coefficient (Wildman–Crippen LogP) is 4.48. The highest BCUT2D eigenvalue weighted by molar-refractivity contribution is 5.52. The van der Waals surface area contributed by atoms with Gasteiger partial charge >= 0.3 is 0 Å². The van der Waals surface area contributed by atoms with Crippen molar-refractivity contribution in [1.29, 1.82) is 0 Å². The summed E-state index contributed by atoms with van der Waals surface area (Å²) in [6.07, 6.45) is 12.3. The fourth-order valence-corrected chi connectivity index (χ4v) is 4.29. The van der Waals surface area contributed by atoms with Crippen LogP contribution in [0.3, 0.4) is 0 Å². The van der Waals surface area contributed by atoms with E-state index in [1.165, 1.54) is 62.6 Å². The summed E-state index contributed by atoms with van der Waals surface area (Å²) in [5.41, 5.74) is 2.72. The molecular formula is C21H32N2. The molecule has 23 heavy (non-hydrogen) atoms. The Hall–Kier alpha value is -1.12. The van der Waals surface area contributed by atoms with E-state index < -0.39 is 0 Å². The largest absolute Gasteiger partial charge is 0.311 e. The van der Waals surface area contributed by atoms with Crippen molar-refractivity contribution >= 4 is 6.08 Å². The lowest BCUT2D eigenvalue weighted by molar-refractivity contribution is 0.141. The van der Waals surface area contributed by atoms with Crippen LogP contribution < -0.4 is 5.32 Å². The van der Waals surface area contributed by atoms with Crippen molar-refractivity contribution in [3.63, 3.8) is 0 Å². The van der Waals surface area contributed by atoms with Crippen molar-refractivity contribution in [3.8, 4) is 0 Å². The zero-order chi connectivity index (χ0) is 15.9. The van der Waals surface area contributed by atoms with Crippen LogP contribution in [0.5, 0.6) is 0 Å². The minimum Gasteiger partial charge on any atom is -0.311 e. The summed E-state index contributed by atoms with van der Waals surface area (Å²) in [6, 6.07) is 12.3. The number of hydrogen-bond donors (Lipinski definition) is 1. The van der Waals surface area contributed by atoms with E-state index in [9.17, 15) is 0 Å². The molecule has 1 heterocycles. The van der Waals surface area contributed by atoms with Crippen LogP contribution in [0.4, 0.5) is 0 Å². The van der Waals surface area contributed by atoms with Gasteiger partial charge in [0.25, 0.3) is 0 Å². The third-order valence-corrected chi connectivity index (χ3v) is 5.46. The highest BCUT2D eigenvalue weighted by atomic mass is 15.2. The summed E-state index contributed by atoms with van der Waals surface area (Å²) in [7, 11) is 0. The number of hydrogen-bond acceptors (Lipinski definition) is 2. The van der Waals surface area contributed by atoms with E-state index >= 15 is 0 Å². The Morgan fingerprint density at radius 3 is 2.65 bits per heavy atom. The Labute approximate surface area is 142 Å². The molecule has 0 spiro atoms. The Morgan fingerprint density at radius 2 is 1.87 bits per heavy atom. The summed E-state index contributed by atoms with van der Waals surface area (Å²) in [5.74, 6) is 0. The minimum atomic E-state index is 0.766. The van der Waals surface area contributed by atoms with Crippen molar-refractivity contribution < 1.29 is 0 Å². The molecule has 1 aliphatic carbocycles. The van der Waals surface area contributed by atoms with Gasteiger partial charge in [0.1, 0.15) is 0 Å². The highest BCUT2D eigenvalue weighted by Crippen LogP contribution is 2.28. The van der Waals surface area contributed by atoms with E-state index in [4.69, 9.17) is 0 Å². The van der Waals surface area contributed by atoms with Crippen molar-refractivity contribution in [2.45, 2.75) is 64.0 Å². The zero-order valence-electron chi connectivity index (χ0n) is 14.6. The van der Waals surface area contributed by atoms with E-state index in [1.54, 1.807) is 0 Å². The fourth-order valence-electron chi connectivity index (χ4n) is 4.29. The molecule has 1 saturated heterocycles.